The van der Waals surface area contributed by atoms with Gasteiger partial charge < -0.3 is 14.7 Å². The van der Waals surface area contributed by atoms with Crippen molar-refractivity contribution in [3.8, 4) is 0 Å². The van der Waals surface area contributed by atoms with Crippen LogP contribution in [0.3, 0.4) is 0 Å². The Balaban J connectivity index is 1.23. The van der Waals surface area contributed by atoms with Crippen molar-refractivity contribution >= 4 is 17.7 Å². The quantitative estimate of drug-likeness (QED) is 0.195. The maximum atomic E-state index is 14.1. The van der Waals surface area contributed by atoms with E-state index in [1.807, 2.05) is 6.20 Å². The Morgan fingerprint density at radius 2 is 1.70 bits per heavy atom. The van der Waals surface area contributed by atoms with Gasteiger partial charge in [0.05, 0.1) is 11.8 Å². The highest BCUT2D eigenvalue weighted by Gasteiger charge is 2.66. The van der Waals surface area contributed by atoms with Crippen molar-refractivity contribution < 1.29 is 24.2 Å². The molecule has 6 rings (SSSR count). The number of carbonyl (C=O) groups excluding carboxylic acids is 2. The van der Waals surface area contributed by atoms with Crippen molar-refractivity contribution in [2.24, 2.45) is 56.7 Å². The lowest BCUT2D eigenvalue weighted by atomic mass is 9.36. The number of carbonyl (C=O) groups is 3. The number of ether oxygens (including phenoxy) is 1. The second-order valence-electron chi connectivity index (χ2n) is 20.5. The van der Waals surface area contributed by atoms with Crippen LogP contribution in [0.5, 0.6) is 0 Å². The summed E-state index contributed by atoms with van der Waals surface area (Å²) < 4.78 is 6.18. The molecule has 5 aliphatic rings. The number of aromatic amines is 1. The topological polar surface area (TPSA) is 116 Å². The highest BCUT2D eigenvalue weighted by atomic mass is 16.5. The summed E-state index contributed by atoms with van der Waals surface area (Å²) in [5.41, 5.74) is 2.83. The Hall–Kier alpha value is -2.52. The first-order valence-corrected chi connectivity index (χ1v) is 20.8. The van der Waals surface area contributed by atoms with Gasteiger partial charge in [-0.2, -0.15) is 5.10 Å². The highest BCUT2D eigenvalue weighted by Crippen LogP contribution is 2.73. The minimum Gasteiger partial charge on any atom is -0.481 e. The van der Waals surface area contributed by atoms with Gasteiger partial charge in [0.1, 0.15) is 6.10 Å². The Morgan fingerprint density at radius 3 is 2.34 bits per heavy atom. The molecule has 5 aliphatic carbocycles. The molecule has 1 aromatic heterocycles. The molecule has 1 aromatic rings. The number of carboxylic acid groups (broad SMARTS) is 1. The fourth-order valence-corrected chi connectivity index (χ4v) is 13.2. The predicted octanol–water partition coefficient (Wildman–Crippen LogP) is 8.17. The summed E-state index contributed by atoms with van der Waals surface area (Å²) in [7, 11) is 4.27. The van der Waals surface area contributed by atoms with Gasteiger partial charge in [0.2, 0.25) is 0 Å². The minimum absolute atomic E-state index is 0.0361. The number of nitrogens with one attached hydrogen (secondary N) is 1. The van der Waals surface area contributed by atoms with Crippen LogP contribution in [0.4, 0.5) is 0 Å². The molecular formula is C44H70N4O5. The monoisotopic (exact) mass is 735 g/mol. The summed E-state index contributed by atoms with van der Waals surface area (Å²) in [4.78, 5) is 43.8. The predicted molar refractivity (Wildman–Crippen MR) is 208 cm³/mol. The van der Waals surface area contributed by atoms with Gasteiger partial charge in [0, 0.05) is 48.8 Å². The first kappa shape index (κ1) is 40.2. The van der Waals surface area contributed by atoms with Gasteiger partial charge >= 0.3 is 11.9 Å². The highest BCUT2D eigenvalue weighted by molar-refractivity contribution is 6.00. The maximum absolute atomic E-state index is 14.1. The number of esters is 1. The maximum Gasteiger partial charge on any atom is 0.309 e. The number of rotatable bonds is 13. The van der Waals surface area contributed by atoms with E-state index in [1.165, 1.54) is 24.8 Å². The van der Waals surface area contributed by atoms with Crippen LogP contribution in [0, 0.1) is 56.7 Å². The normalized spacial score (nSPS) is 35.3. The molecule has 53 heavy (non-hydrogen) atoms. The van der Waals surface area contributed by atoms with Crippen LogP contribution in [-0.4, -0.2) is 82.7 Å². The molecule has 9 heteroatoms. The molecule has 296 valence electrons. The molecule has 0 spiro atoms. The number of nitrogens with zero attached hydrogens (tertiary/aromatic N) is 3. The van der Waals surface area contributed by atoms with E-state index in [4.69, 9.17) is 4.74 Å². The standard InChI is InChI=1S/C44H70N4O5/c1-28(2)37-32(49)25-44(20-22-48(24-23-47(9)10)27-29-16-21-45-46-29)19-13-31-30(38(37)44)11-12-34-42(31,7)17-14-33-41(5,6)35(15-18-43(33,34)8)53-36(50)26-40(3,4)39(51)52/h16,21,28,30-31,33-35H,11-15,17-20,22-27H2,1-10H3,(H,45,46)(H,51,52). The molecule has 0 radical (unpaired) electrons. The van der Waals surface area contributed by atoms with Crippen LogP contribution < -0.4 is 0 Å². The van der Waals surface area contributed by atoms with E-state index in [2.05, 4.69) is 81.7 Å². The van der Waals surface area contributed by atoms with Gasteiger partial charge in [-0.1, -0.05) is 47.1 Å². The van der Waals surface area contributed by atoms with Gasteiger partial charge in [-0.05, 0) is 144 Å². The van der Waals surface area contributed by atoms with E-state index in [-0.39, 0.29) is 40.1 Å². The third-order valence-corrected chi connectivity index (χ3v) is 15.8. The Kier molecular flexibility index (Phi) is 11.0. The summed E-state index contributed by atoms with van der Waals surface area (Å²) in [6.07, 6.45) is 12.0. The molecule has 0 saturated heterocycles. The fraction of sp³-hybridized carbons (Fsp3) is 0.818. The number of Topliss-reactive ketones (excluding diaryl/α,β-unsaturated/α-hetero) is 1. The van der Waals surface area contributed by atoms with Crippen molar-refractivity contribution in [2.75, 3.05) is 33.7 Å². The molecule has 4 fully saturated rings. The third kappa shape index (κ3) is 7.20. The Labute approximate surface area is 319 Å². The molecule has 8 atom stereocenters. The Bertz CT molecular complexity index is 1560. The zero-order chi connectivity index (χ0) is 38.7. The van der Waals surface area contributed by atoms with Crippen LogP contribution in [0.25, 0.3) is 0 Å². The fourth-order valence-electron chi connectivity index (χ4n) is 13.2. The first-order chi connectivity index (χ1) is 24.7. The number of ketones is 1. The van der Waals surface area contributed by atoms with Crippen LogP contribution >= 0.6 is 0 Å². The summed E-state index contributed by atoms with van der Waals surface area (Å²) in [5.74, 6) is 1.34. The molecule has 1 heterocycles. The van der Waals surface area contributed by atoms with E-state index in [0.29, 0.717) is 35.9 Å². The summed E-state index contributed by atoms with van der Waals surface area (Å²) in [6.45, 7) is 21.3. The number of allylic oxidation sites excluding steroid dienone is 2. The molecule has 4 saturated carbocycles. The number of hydrogen-bond donors (Lipinski definition) is 2. The number of carboxylic acids is 1. The molecule has 9 nitrogen and oxygen atoms in total. The molecule has 8 unspecified atom stereocenters. The SMILES string of the molecule is CC(C)C1=C2C3CCC4C(C)(CCC5C(C)(C)C(OC(=O)CC(C)(C)C(=O)O)CCC54C)C3CCC2(CCN(CCN(C)C)Cc2ccn[nH]2)CC1=O. The van der Waals surface area contributed by atoms with Gasteiger partial charge in [0.15, 0.2) is 5.78 Å². The third-order valence-electron chi connectivity index (χ3n) is 15.8. The smallest absolute Gasteiger partial charge is 0.309 e. The lowest BCUT2D eigenvalue weighted by Gasteiger charge is -2.69. The van der Waals surface area contributed by atoms with Crippen LogP contribution in [-0.2, 0) is 25.7 Å². The summed E-state index contributed by atoms with van der Waals surface area (Å²) >= 11 is 0. The molecular weight excluding hydrogens is 665 g/mol. The molecule has 0 aliphatic heterocycles. The number of aliphatic carboxylic acids is 1. The van der Waals surface area contributed by atoms with Gasteiger partial charge in [-0.15, -0.1) is 0 Å². The van der Waals surface area contributed by atoms with Crippen LogP contribution in [0.15, 0.2) is 23.4 Å². The number of likely N-dealkylation sites (N-methyl/N-ethyl adjacent to an activating group) is 1. The van der Waals surface area contributed by atoms with Crippen LogP contribution in [0.1, 0.15) is 132 Å². The second-order valence-corrected chi connectivity index (χ2v) is 20.5. The first-order valence-electron chi connectivity index (χ1n) is 20.8. The minimum atomic E-state index is -1.15. The summed E-state index contributed by atoms with van der Waals surface area (Å²) in [6, 6.07) is 2.07. The largest absolute Gasteiger partial charge is 0.481 e. The zero-order valence-electron chi connectivity index (χ0n) is 34.6. The summed E-state index contributed by atoms with van der Waals surface area (Å²) in [5, 5.41) is 17.0. The van der Waals surface area contributed by atoms with E-state index in [0.717, 1.165) is 70.4 Å². The average molecular weight is 735 g/mol. The second kappa shape index (κ2) is 14.5. The Morgan fingerprint density at radius 1 is 0.981 bits per heavy atom. The van der Waals surface area contributed by atoms with Crippen molar-refractivity contribution in [3.63, 3.8) is 0 Å². The van der Waals surface area contributed by atoms with Crippen molar-refractivity contribution in [2.45, 2.75) is 139 Å². The molecule has 0 aromatic carbocycles. The number of hydrogen-bond acceptors (Lipinski definition) is 7. The van der Waals surface area contributed by atoms with E-state index in [1.54, 1.807) is 19.4 Å². The van der Waals surface area contributed by atoms with E-state index >= 15 is 0 Å². The van der Waals surface area contributed by atoms with Crippen molar-refractivity contribution in [3.05, 3.63) is 29.1 Å². The zero-order valence-corrected chi connectivity index (χ0v) is 34.6. The lowest BCUT2D eigenvalue weighted by Crippen LogP contribution is -2.63. The van der Waals surface area contributed by atoms with Gasteiger partial charge in [0.25, 0.3) is 0 Å². The van der Waals surface area contributed by atoms with Gasteiger partial charge in [-0.3, -0.25) is 24.4 Å². The molecule has 0 amide bonds. The number of H-pyrrole nitrogens is 1. The van der Waals surface area contributed by atoms with Crippen LogP contribution in [0.2, 0.25) is 0 Å². The van der Waals surface area contributed by atoms with Crippen molar-refractivity contribution in [1.82, 2.24) is 20.0 Å². The number of aromatic nitrogens is 2. The molecule has 0 bridgehead atoms. The average Bonchev–Trinajstić information content (AvgIpc) is 3.68. The lowest BCUT2D eigenvalue weighted by molar-refractivity contribution is -0.214. The number of fused-ring (bicyclic) bond motifs is 7. The van der Waals surface area contributed by atoms with E-state index < -0.39 is 17.4 Å². The van der Waals surface area contributed by atoms with Crippen molar-refractivity contribution in [1.29, 1.82) is 0 Å². The van der Waals surface area contributed by atoms with Gasteiger partial charge in [-0.25, -0.2) is 0 Å². The van der Waals surface area contributed by atoms with E-state index in [9.17, 15) is 19.5 Å². The molecule has 2 N–H and O–H groups in total.